The molecule has 0 unspecified atom stereocenters. The summed E-state index contributed by atoms with van der Waals surface area (Å²) in [6, 6.07) is -0.168. The molecule has 0 aromatic rings. The van der Waals surface area contributed by atoms with E-state index < -0.39 is 16.1 Å². The molecule has 1 N–H and O–H groups in total. The molecule has 0 radical (unpaired) electrons. The molecule has 0 aromatic heterocycles. The Kier molecular flexibility index (Phi) is 1.89. The van der Waals surface area contributed by atoms with Crippen molar-refractivity contribution in [3.8, 4) is 0 Å². The summed E-state index contributed by atoms with van der Waals surface area (Å²) in [5.41, 5.74) is 0. The summed E-state index contributed by atoms with van der Waals surface area (Å²) >= 11 is 0. The van der Waals surface area contributed by atoms with Crippen LogP contribution in [0.4, 0.5) is 0 Å². The Hall–Kier alpha value is -0.620. The van der Waals surface area contributed by atoms with Crippen LogP contribution in [0.2, 0.25) is 0 Å². The number of carbonyl (C=O) groups is 1. The Morgan fingerprint density at radius 1 is 1.55 bits per heavy atom. The molecule has 1 heterocycles. The largest absolute Gasteiger partial charge is 0.304 e. The summed E-state index contributed by atoms with van der Waals surface area (Å²) in [4.78, 5) is 10.6. The van der Waals surface area contributed by atoms with E-state index in [4.69, 9.17) is 0 Å². The van der Waals surface area contributed by atoms with Gasteiger partial charge in [0.05, 0.1) is 6.54 Å². The lowest BCUT2D eigenvalue weighted by Crippen LogP contribution is -2.34. The van der Waals surface area contributed by atoms with Crippen LogP contribution >= 0.6 is 0 Å². The van der Waals surface area contributed by atoms with Crippen LogP contribution in [0, 0.1) is 0 Å². The van der Waals surface area contributed by atoms with Crippen molar-refractivity contribution in [2.45, 2.75) is 19.9 Å². The van der Waals surface area contributed by atoms with Gasteiger partial charge in [0.15, 0.2) is 0 Å². The first-order valence-corrected chi connectivity index (χ1v) is 4.70. The Bertz CT molecular complexity index is 269. The van der Waals surface area contributed by atoms with E-state index in [1.165, 1.54) is 0 Å². The molecule has 64 valence electrons. The highest BCUT2D eigenvalue weighted by Crippen LogP contribution is 2.09. The van der Waals surface area contributed by atoms with Gasteiger partial charge in [0.1, 0.15) is 0 Å². The normalized spacial score (nSPS) is 24.1. The summed E-state index contributed by atoms with van der Waals surface area (Å²) < 4.78 is 25.0. The van der Waals surface area contributed by atoms with Crippen molar-refractivity contribution in [2.75, 3.05) is 6.54 Å². The predicted molar refractivity (Wildman–Crippen MR) is 38.9 cm³/mol. The van der Waals surface area contributed by atoms with E-state index in [-0.39, 0.29) is 12.6 Å². The third-order valence-electron chi connectivity index (χ3n) is 1.43. The fourth-order valence-electron chi connectivity index (χ4n) is 0.921. The van der Waals surface area contributed by atoms with Crippen molar-refractivity contribution >= 4 is 16.1 Å². The van der Waals surface area contributed by atoms with Gasteiger partial charge in [-0.1, -0.05) is 0 Å². The van der Waals surface area contributed by atoms with E-state index in [1.807, 2.05) is 4.72 Å². The molecular formula is C5H10N2O3S. The highest BCUT2D eigenvalue weighted by atomic mass is 32.2. The van der Waals surface area contributed by atoms with Crippen LogP contribution in [-0.4, -0.2) is 31.2 Å². The first-order chi connectivity index (χ1) is 4.93. The smallest absolute Gasteiger partial charge is 0.272 e. The zero-order chi connectivity index (χ0) is 8.65. The molecule has 11 heavy (non-hydrogen) atoms. The van der Waals surface area contributed by atoms with Crippen LogP contribution in [-0.2, 0) is 15.0 Å². The van der Waals surface area contributed by atoms with E-state index in [2.05, 4.69) is 0 Å². The highest BCUT2D eigenvalue weighted by molar-refractivity contribution is 7.88. The zero-order valence-electron chi connectivity index (χ0n) is 6.36. The molecule has 6 heteroatoms. The summed E-state index contributed by atoms with van der Waals surface area (Å²) in [6.45, 7) is 3.38. The quantitative estimate of drug-likeness (QED) is 0.564. The number of amides is 1. The first kappa shape index (κ1) is 8.48. The van der Waals surface area contributed by atoms with Gasteiger partial charge in [-0.05, 0) is 13.8 Å². The fraction of sp³-hybridized carbons (Fsp3) is 0.800. The van der Waals surface area contributed by atoms with Crippen molar-refractivity contribution < 1.29 is 13.2 Å². The Labute approximate surface area is 65.6 Å². The molecule has 1 rings (SSSR count). The Morgan fingerprint density at radius 2 is 2.09 bits per heavy atom. The van der Waals surface area contributed by atoms with Crippen molar-refractivity contribution in [3.63, 3.8) is 0 Å². The summed E-state index contributed by atoms with van der Waals surface area (Å²) in [6.07, 6.45) is 0. The first-order valence-electron chi connectivity index (χ1n) is 3.26. The summed E-state index contributed by atoms with van der Waals surface area (Å²) in [5.74, 6) is -0.460. The molecule has 0 aromatic carbocycles. The number of carbonyl (C=O) groups excluding carboxylic acids is 1. The molecule has 0 spiro atoms. The van der Waals surface area contributed by atoms with Gasteiger partial charge in [0.25, 0.3) is 0 Å². The van der Waals surface area contributed by atoms with E-state index >= 15 is 0 Å². The average molecular weight is 178 g/mol. The van der Waals surface area contributed by atoms with Crippen molar-refractivity contribution in [2.24, 2.45) is 0 Å². The van der Waals surface area contributed by atoms with Gasteiger partial charge in [-0.2, -0.15) is 12.7 Å². The van der Waals surface area contributed by atoms with Gasteiger partial charge in [-0.25, -0.2) is 4.72 Å². The number of hydrogen-bond acceptors (Lipinski definition) is 3. The third kappa shape index (κ3) is 1.51. The zero-order valence-corrected chi connectivity index (χ0v) is 7.18. The lowest BCUT2D eigenvalue weighted by atomic mass is 10.4. The monoisotopic (exact) mass is 178 g/mol. The minimum Gasteiger partial charge on any atom is -0.272 e. The molecule has 1 saturated heterocycles. The van der Waals surface area contributed by atoms with Crippen molar-refractivity contribution in [3.05, 3.63) is 0 Å². The van der Waals surface area contributed by atoms with Crippen LogP contribution in [0.15, 0.2) is 0 Å². The van der Waals surface area contributed by atoms with Crippen LogP contribution in [0.5, 0.6) is 0 Å². The Morgan fingerprint density at radius 3 is 2.27 bits per heavy atom. The molecular weight excluding hydrogens is 168 g/mol. The van der Waals surface area contributed by atoms with Gasteiger partial charge in [-0.15, -0.1) is 0 Å². The van der Waals surface area contributed by atoms with Crippen LogP contribution in [0.25, 0.3) is 0 Å². The SMILES string of the molecule is CC(C)N1CC(=O)NS1(=O)=O. The minimum atomic E-state index is -3.50. The molecule has 0 bridgehead atoms. The second-order valence-corrected chi connectivity index (χ2v) is 4.29. The lowest BCUT2D eigenvalue weighted by molar-refractivity contribution is -0.118. The second kappa shape index (κ2) is 2.46. The molecule has 1 aliphatic heterocycles. The van der Waals surface area contributed by atoms with E-state index in [9.17, 15) is 13.2 Å². The van der Waals surface area contributed by atoms with Gasteiger partial charge in [-0.3, -0.25) is 4.79 Å². The molecule has 1 fully saturated rings. The molecule has 0 saturated carbocycles. The number of hydrogen-bond donors (Lipinski definition) is 1. The van der Waals surface area contributed by atoms with Gasteiger partial charge >= 0.3 is 10.2 Å². The third-order valence-corrected chi connectivity index (χ3v) is 3.08. The van der Waals surface area contributed by atoms with Crippen LogP contribution < -0.4 is 4.72 Å². The molecule has 1 amide bonds. The number of rotatable bonds is 1. The topological polar surface area (TPSA) is 66.5 Å². The predicted octanol–water partition coefficient (Wildman–Crippen LogP) is -0.929. The highest BCUT2D eigenvalue weighted by Gasteiger charge is 2.35. The molecule has 5 nitrogen and oxygen atoms in total. The second-order valence-electron chi connectivity index (χ2n) is 2.67. The van der Waals surface area contributed by atoms with E-state index in [0.717, 1.165) is 4.31 Å². The van der Waals surface area contributed by atoms with Crippen molar-refractivity contribution in [1.29, 1.82) is 0 Å². The maximum Gasteiger partial charge on any atom is 0.304 e. The Balaban J connectivity index is 2.92. The van der Waals surface area contributed by atoms with Gasteiger partial charge in [0.2, 0.25) is 5.91 Å². The maximum atomic E-state index is 11.0. The van der Waals surface area contributed by atoms with Crippen molar-refractivity contribution in [1.82, 2.24) is 9.03 Å². The van der Waals surface area contributed by atoms with Crippen LogP contribution in [0.1, 0.15) is 13.8 Å². The number of nitrogens with one attached hydrogen (secondary N) is 1. The molecule has 0 aliphatic carbocycles. The average Bonchev–Trinajstić information content (AvgIpc) is 2.04. The van der Waals surface area contributed by atoms with E-state index in [0.29, 0.717) is 0 Å². The molecule has 1 aliphatic rings. The molecule has 0 atom stereocenters. The summed E-state index contributed by atoms with van der Waals surface area (Å²) in [5, 5.41) is 0. The fourth-order valence-corrected chi connectivity index (χ4v) is 2.23. The van der Waals surface area contributed by atoms with Crippen LogP contribution in [0.3, 0.4) is 0 Å². The lowest BCUT2D eigenvalue weighted by Gasteiger charge is -2.15. The summed E-state index contributed by atoms with van der Waals surface area (Å²) in [7, 11) is -3.50. The minimum absolute atomic E-state index is 0.0556. The standard InChI is InChI=1S/C5H10N2O3S/c1-4(2)7-3-5(8)6-11(7,9)10/h4H,3H2,1-2H3,(H,6,8). The van der Waals surface area contributed by atoms with Gasteiger partial charge in [0, 0.05) is 6.04 Å². The van der Waals surface area contributed by atoms with E-state index in [1.54, 1.807) is 13.8 Å². The number of nitrogens with zero attached hydrogens (tertiary/aromatic N) is 1. The maximum absolute atomic E-state index is 11.0. The van der Waals surface area contributed by atoms with Gasteiger partial charge < -0.3 is 0 Å².